The summed E-state index contributed by atoms with van der Waals surface area (Å²) >= 11 is 6.47. The van der Waals surface area contributed by atoms with Crippen molar-refractivity contribution in [2.24, 2.45) is 0 Å². The molecule has 0 aromatic heterocycles. The summed E-state index contributed by atoms with van der Waals surface area (Å²) in [6.45, 7) is 3.23. The van der Waals surface area contributed by atoms with Crippen LogP contribution >= 0.6 is 11.6 Å². The van der Waals surface area contributed by atoms with Crippen molar-refractivity contribution in [2.45, 2.75) is 20.1 Å². The third-order valence-electron chi connectivity index (χ3n) is 4.29. The van der Waals surface area contributed by atoms with Gasteiger partial charge in [-0.05, 0) is 60.5 Å². The predicted octanol–water partition coefficient (Wildman–Crippen LogP) is 6.08. The maximum Gasteiger partial charge on any atom is 0.163 e. The second kappa shape index (κ2) is 10.0. The standard InChI is InChI=1S/C23H23ClFNO3/c1-3-28-22-12-17(14-26-19-8-10-20(27-2)11-9-19)21(24)13-23(22)29-15-16-4-6-18(25)7-5-16/h4-13,26H,3,14-15H2,1-2H3. The Morgan fingerprint density at radius 2 is 1.62 bits per heavy atom. The van der Waals surface area contributed by atoms with Crippen molar-refractivity contribution in [3.05, 3.63) is 82.6 Å². The topological polar surface area (TPSA) is 39.7 Å². The fourth-order valence-corrected chi connectivity index (χ4v) is 2.96. The van der Waals surface area contributed by atoms with E-state index in [2.05, 4.69) is 5.32 Å². The van der Waals surface area contributed by atoms with Gasteiger partial charge in [0.05, 0.1) is 13.7 Å². The van der Waals surface area contributed by atoms with Crippen LogP contribution in [0.2, 0.25) is 5.02 Å². The van der Waals surface area contributed by atoms with E-state index >= 15 is 0 Å². The van der Waals surface area contributed by atoms with Crippen LogP contribution in [-0.4, -0.2) is 13.7 Å². The van der Waals surface area contributed by atoms with E-state index in [0.29, 0.717) is 36.3 Å². The summed E-state index contributed by atoms with van der Waals surface area (Å²) < 4.78 is 29.8. The molecule has 0 aliphatic rings. The van der Waals surface area contributed by atoms with Crippen LogP contribution in [0, 0.1) is 5.82 Å². The summed E-state index contributed by atoms with van der Waals surface area (Å²) in [7, 11) is 1.64. The molecule has 0 saturated heterocycles. The van der Waals surface area contributed by atoms with Crippen LogP contribution in [0.25, 0.3) is 0 Å². The number of ether oxygens (including phenoxy) is 3. The van der Waals surface area contributed by atoms with Gasteiger partial charge < -0.3 is 19.5 Å². The Kier molecular flexibility index (Phi) is 7.19. The lowest BCUT2D eigenvalue weighted by atomic mass is 10.2. The first-order valence-electron chi connectivity index (χ1n) is 9.29. The third-order valence-corrected chi connectivity index (χ3v) is 4.65. The normalized spacial score (nSPS) is 10.5. The van der Waals surface area contributed by atoms with Crippen LogP contribution in [-0.2, 0) is 13.2 Å². The van der Waals surface area contributed by atoms with Crippen LogP contribution in [0.15, 0.2) is 60.7 Å². The quantitative estimate of drug-likeness (QED) is 0.460. The van der Waals surface area contributed by atoms with E-state index in [1.165, 1.54) is 12.1 Å². The largest absolute Gasteiger partial charge is 0.497 e. The average Bonchev–Trinajstić information content (AvgIpc) is 2.74. The SMILES string of the molecule is CCOc1cc(CNc2ccc(OC)cc2)c(Cl)cc1OCc1ccc(F)cc1. The van der Waals surface area contributed by atoms with Crippen LogP contribution in [0.5, 0.6) is 17.2 Å². The second-order valence-corrected chi connectivity index (χ2v) is 6.73. The van der Waals surface area contributed by atoms with Gasteiger partial charge >= 0.3 is 0 Å². The number of nitrogens with one attached hydrogen (secondary N) is 1. The van der Waals surface area contributed by atoms with Gasteiger partial charge in [-0.15, -0.1) is 0 Å². The van der Waals surface area contributed by atoms with Crippen molar-refractivity contribution < 1.29 is 18.6 Å². The van der Waals surface area contributed by atoms with E-state index < -0.39 is 0 Å². The lowest BCUT2D eigenvalue weighted by Crippen LogP contribution is -2.04. The van der Waals surface area contributed by atoms with Crippen LogP contribution in [0.4, 0.5) is 10.1 Å². The Morgan fingerprint density at radius 3 is 2.28 bits per heavy atom. The molecule has 3 aromatic carbocycles. The van der Waals surface area contributed by atoms with Crippen molar-refractivity contribution in [2.75, 3.05) is 19.0 Å². The average molecular weight is 416 g/mol. The first-order chi connectivity index (χ1) is 14.1. The molecule has 0 bridgehead atoms. The molecule has 0 heterocycles. The Morgan fingerprint density at radius 1 is 0.931 bits per heavy atom. The van der Waals surface area contributed by atoms with E-state index in [-0.39, 0.29) is 5.82 Å². The zero-order chi connectivity index (χ0) is 20.6. The van der Waals surface area contributed by atoms with E-state index in [1.807, 2.05) is 37.3 Å². The molecule has 0 saturated carbocycles. The van der Waals surface area contributed by atoms with Gasteiger partial charge in [0.25, 0.3) is 0 Å². The highest BCUT2D eigenvalue weighted by Crippen LogP contribution is 2.34. The lowest BCUT2D eigenvalue weighted by Gasteiger charge is -2.16. The van der Waals surface area contributed by atoms with Crippen molar-refractivity contribution in [1.82, 2.24) is 0 Å². The molecule has 0 fully saturated rings. The highest BCUT2D eigenvalue weighted by atomic mass is 35.5. The molecule has 6 heteroatoms. The van der Waals surface area contributed by atoms with E-state index in [4.69, 9.17) is 25.8 Å². The highest BCUT2D eigenvalue weighted by molar-refractivity contribution is 6.31. The van der Waals surface area contributed by atoms with Gasteiger partial charge in [0.2, 0.25) is 0 Å². The molecular weight excluding hydrogens is 393 g/mol. The minimum Gasteiger partial charge on any atom is -0.497 e. The predicted molar refractivity (Wildman–Crippen MR) is 114 cm³/mol. The molecule has 29 heavy (non-hydrogen) atoms. The number of hydrogen-bond donors (Lipinski definition) is 1. The summed E-state index contributed by atoms with van der Waals surface area (Å²) in [5.41, 5.74) is 2.70. The molecule has 1 N–H and O–H groups in total. The maximum absolute atomic E-state index is 13.1. The summed E-state index contributed by atoms with van der Waals surface area (Å²) in [5.74, 6) is 1.69. The Hall–Kier alpha value is -2.92. The first-order valence-corrected chi connectivity index (χ1v) is 9.67. The maximum atomic E-state index is 13.1. The minimum absolute atomic E-state index is 0.277. The molecule has 0 spiro atoms. The summed E-state index contributed by atoms with van der Waals surface area (Å²) in [4.78, 5) is 0. The number of halogens is 2. The van der Waals surface area contributed by atoms with Crippen molar-refractivity contribution in [1.29, 1.82) is 0 Å². The Bertz CT molecular complexity index is 930. The molecule has 0 atom stereocenters. The fraction of sp³-hybridized carbons (Fsp3) is 0.217. The first kappa shape index (κ1) is 20.8. The molecule has 0 amide bonds. The summed E-state index contributed by atoms with van der Waals surface area (Å²) in [5, 5.41) is 3.91. The van der Waals surface area contributed by atoms with Gasteiger partial charge in [0.1, 0.15) is 18.2 Å². The molecule has 152 valence electrons. The van der Waals surface area contributed by atoms with E-state index in [9.17, 15) is 4.39 Å². The molecule has 0 unspecified atom stereocenters. The molecule has 4 nitrogen and oxygen atoms in total. The van der Waals surface area contributed by atoms with Gasteiger partial charge in [-0.2, -0.15) is 0 Å². The number of rotatable bonds is 9. The molecule has 3 rings (SSSR count). The number of hydrogen-bond acceptors (Lipinski definition) is 4. The fourth-order valence-electron chi connectivity index (χ4n) is 2.74. The summed E-state index contributed by atoms with van der Waals surface area (Å²) in [6, 6.07) is 17.5. The smallest absolute Gasteiger partial charge is 0.163 e. The van der Waals surface area contributed by atoms with Gasteiger partial charge in [-0.1, -0.05) is 23.7 Å². The lowest BCUT2D eigenvalue weighted by molar-refractivity contribution is 0.269. The van der Waals surface area contributed by atoms with Gasteiger partial charge in [-0.25, -0.2) is 4.39 Å². The van der Waals surface area contributed by atoms with Crippen molar-refractivity contribution in [3.8, 4) is 17.2 Å². The zero-order valence-electron chi connectivity index (χ0n) is 16.4. The molecule has 0 aliphatic carbocycles. The molecule has 3 aromatic rings. The molecular formula is C23H23ClFNO3. The van der Waals surface area contributed by atoms with Gasteiger partial charge in [0, 0.05) is 23.3 Å². The monoisotopic (exact) mass is 415 g/mol. The zero-order valence-corrected chi connectivity index (χ0v) is 17.1. The Labute approximate surface area is 175 Å². The van der Waals surface area contributed by atoms with Crippen LogP contribution < -0.4 is 19.5 Å². The summed E-state index contributed by atoms with van der Waals surface area (Å²) in [6.07, 6.45) is 0. The van der Waals surface area contributed by atoms with E-state index in [1.54, 1.807) is 25.3 Å². The van der Waals surface area contributed by atoms with Crippen molar-refractivity contribution >= 4 is 17.3 Å². The van der Waals surface area contributed by atoms with Gasteiger partial charge in [0.15, 0.2) is 11.5 Å². The van der Waals surface area contributed by atoms with Crippen LogP contribution in [0.3, 0.4) is 0 Å². The van der Waals surface area contributed by atoms with E-state index in [0.717, 1.165) is 22.6 Å². The number of methoxy groups -OCH3 is 1. The number of anilines is 1. The molecule has 0 radical (unpaired) electrons. The van der Waals surface area contributed by atoms with Gasteiger partial charge in [-0.3, -0.25) is 0 Å². The Balaban J connectivity index is 1.71. The second-order valence-electron chi connectivity index (χ2n) is 6.32. The van der Waals surface area contributed by atoms with Crippen molar-refractivity contribution in [3.63, 3.8) is 0 Å². The van der Waals surface area contributed by atoms with Crippen LogP contribution in [0.1, 0.15) is 18.1 Å². The highest BCUT2D eigenvalue weighted by Gasteiger charge is 2.12. The third kappa shape index (κ3) is 5.78. The molecule has 0 aliphatic heterocycles. The number of benzene rings is 3. The minimum atomic E-state index is -0.277.